The SMILES string of the molecule is CCn1cc(NC(=O)c2cc(COc3c(C)cccc3C)cs2)cn1. The second-order valence-electron chi connectivity index (χ2n) is 5.87. The molecule has 0 unspecified atom stereocenters. The van der Waals surface area contributed by atoms with Gasteiger partial charge < -0.3 is 10.1 Å². The smallest absolute Gasteiger partial charge is 0.265 e. The number of nitrogens with one attached hydrogen (secondary N) is 1. The lowest BCUT2D eigenvalue weighted by Gasteiger charge is -2.10. The zero-order valence-corrected chi connectivity index (χ0v) is 15.4. The standard InChI is InChI=1S/C19H21N3O2S/c1-4-22-10-16(9-20-22)21-19(23)17-8-15(12-25-17)11-24-18-13(2)6-5-7-14(18)3/h5-10,12H,4,11H2,1-3H3,(H,21,23). The van der Waals surface area contributed by atoms with E-state index in [0.29, 0.717) is 17.2 Å². The number of ether oxygens (including phenoxy) is 1. The molecule has 2 heterocycles. The first-order valence-corrected chi connectivity index (χ1v) is 9.05. The molecule has 25 heavy (non-hydrogen) atoms. The van der Waals surface area contributed by atoms with E-state index in [1.165, 1.54) is 11.3 Å². The van der Waals surface area contributed by atoms with Gasteiger partial charge in [-0.25, -0.2) is 0 Å². The molecule has 0 atom stereocenters. The van der Waals surface area contributed by atoms with Gasteiger partial charge in [-0.1, -0.05) is 18.2 Å². The average molecular weight is 355 g/mol. The number of carbonyl (C=O) groups excluding carboxylic acids is 1. The molecule has 130 valence electrons. The second-order valence-corrected chi connectivity index (χ2v) is 6.78. The zero-order chi connectivity index (χ0) is 17.8. The van der Waals surface area contributed by atoms with Gasteiger partial charge in [-0.3, -0.25) is 9.48 Å². The van der Waals surface area contributed by atoms with Crippen molar-refractivity contribution in [2.45, 2.75) is 33.9 Å². The predicted octanol–water partition coefficient (Wildman–Crippen LogP) is 4.41. The summed E-state index contributed by atoms with van der Waals surface area (Å²) in [4.78, 5) is 13.0. The van der Waals surface area contributed by atoms with Crippen LogP contribution in [0.25, 0.3) is 0 Å². The molecule has 0 saturated carbocycles. The van der Waals surface area contributed by atoms with Gasteiger partial charge in [0.1, 0.15) is 12.4 Å². The summed E-state index contributed by atoms with van der Waals surface area (Å²) in [6.07, 6.45) is 3.47. The van der Waals surface area contributed by atoms with Crippen LogP contribution < -0.4 is 10.1 Å². The Balaban J connectivity index is 1.62. The van der Waals surface area contributed by atoms with Crippen LogP contribution in [0.15, 0.2) is 42.0 Å². The quantitative estimate of drug-likeness (QED) is 0.712. The Morgan fingerprint density at radius 2 is 2.08 bits per heavy atom. The third kappa shape index (κ3) is 4.09. The summed E-state index contributed by atoms with van der Waals surface area (Å²) in [5, 5.41) is 8.97. The van der Waals surface area contributed by atoms with Gasteiger partial charge >= 0.3 is 0 Å². The minimum absolute atomic E-state index is 0.126. The topological polar surface area (TPSA) is 56.2 Å². The maximum Gasteiger partial charge on any atom is 0.265 e. The van der Waals surface area contributed by atoms with Gasteiger partial charge in [-0.05, 0) is 43.3 Å². The van der Waals surface area contributed by atoms with Crippen LogP contribution in [-0.4, -0.2) is 15.7 Å². The summed E-state index contributed by atoms with van der Waals surface area (Å²) in [7, 11) is 0. The summed E-state index contributed by atoms with van der Waals surface area (Å²) >= 11 is 1.41. The van der Waals surface area contributed by atoms with E-state index in [1.54, 1.807) is 10.9 Å². The summed E-state index contributed by atoms with van der Waals surface area (Å²) in [6, 6.07) is 7.96. The second kappa shape index (κ2) is 7.53. The molecular weight excluding hydrogens is 334 g/mol. The van der Waals surface area contributed by atoms with E-state index in [0.717, 1.165) is 29.0 Å². The molecule has 0 aliphatic heterocycles. The third-order valence-electron chi connectivity index (χ3n) is 3.88. The summed E-state index contributed by atoms with van der Waals surface area (Å²) in [6.45, 7) is 7.29. The molecule has 6 heteroatoms. The van der Waals surface area contributed by atoms with Gasteiger partial charge in [0.2, 0.25) is 0 Å². The predicted molar refractivity (Wildman–Crippen MR) is 100 cm³/mol. The van der Waals surface area contributed by atoms with Crippen LogP contribution in [0, 0.1) is 13.8 Å². The van der Waals surface area contributed by atoms with Crippen molar-refractivity contribution in [3.63, 3.8) is 0 Å². The third-order valence-corrected chi connectivity index (χ3v) is 4.86. The van der Waals surface area contributed by atoms with E-state index >= 15 is 0 Å². The number of anilines is 1. The number of amides is 1. The number of hydrogen-bond acceptors (Lipinski definition) is 4. The number of carbonyl (C=O) groups is 1. The molecule has 0 saturated heterocycles. The minimum Gasteiger partial charge on any atom is -0.488 e. The van der Waals surface area contributed by atoms with Gasteiger partial charge in [0.15, 0.2) is 0 Å². The number of hydrogen-bond donors (Lipinski definition) is 1. The number of rotatable bonds is 6. The fraction of sp³-hybridized carbons (Fsp3) is 0.263. The summed E-state index contributed by atoms with van der Waals surface area (Å²) in [5.41, 5.74) is 3.91. The van der Waals surface area contributed by atoms with Crippen molar-refractivity contribution >= 4 is 22.9 Å². The molecule has 0 aliphatic rings. The van der Waals surface area contributed by atoms with Crippen LogP contribution in [-0.2, 0) is 13.2 Å². The number of para-hydroxylation sites is 1. The Morgan fingerprint density at radius 1 is 1.32 bits per heavy atom. The zero-order valence-electron chi connectivity index (χ0n) is 14.6. The lowest BCUT2D eigenvalue weighted by molar-refractivity contribution is 0.103. The van der Waals surface area contributed by atoms with E-state index < -0.39 is 0 Å². The molecule has 0 spiro atoms. The molecular formula is C19H21N3O2S. The van der Waals surface area contributed by atoms with E-state index in [9.17, 15) is 4.79 Å². The molecule has 0 bridgehead atoms. The van der Waals surface area contributed by atoms with Crippen molar-refractivity contribution in [1.82, 2.24) is 9.78 Å². The van der Waals surface area contributed by atoms with Gasteiger partial charge in [-0.15, -0.1) is 11.3 Å². The molecule has 2 aromatic heterocycles. The number of aryl methyl sites for hydroxylation is 3. The molecule has 0 aliphatic carbocycles. The Morgan fingerprint density at radius 3 is 2.76 bits per heavy atom. The van der Waals surface area contributed by atoms with E-state index in [4.69, 9.17) is 4.74 Å². The van der Waals surface area contributed by atoms with Crippen molar-refractivity contribution in [3.8, 4) is 5.75 Å². The van der Waals surface area contributed by atoms with Crippen LogP contribution in [0.1, 0.15) is 33.3 Å². The van der Waals surface area contributed by atoms with Crippen LogP contribution in [0.5, 0.6) is 5.75 Å². The van der Waals surface area contributed by atoms with Crippen molar-refractivity contribution in [3.05, 3.63) is 63.6 Å². The van der Waals surface area contributed by atoms with Crippen molar-refractivity contribution in [2.75, 3.05) is 5.32 Å². The Kier molecular flexibility index (Phi) is 5.19. The highest BCUT2D eigenvalue weighted by Gasteiger charge is 2.11. The first kappa shape index (κ1) is 17.2. The van der Waals surface area contributed by atoms with E-state index in [2.05, 4.69) is 10.4 Å². The van der Waals surface area contributed by atoms with Crippen molar-refractivity contribution in [2.24, 2.45) is 0 Å². The minimum atomic E-state index is -0.126. The normalized spacial score (nSPS) is 10.7. The monoisotopic (exact) mass is 355 g/mol. The van der Waals surface area contributed by atoms with Crippen LogP contribution in [0.2, 0.25) is 0 Å². The van der Waals surface area contributed by atoms with Crippen molar-refractivity contribution < 1.29 is 9.53 Å². The number of thiophene rings is 1. The molecule has 1 N–H and O–H groups in total. The molecule has 5 nitrogen and oxygen atoms in total. The van der Waals surface area contributed by atoms with Crippen LogP contribution >= 0.6 is 11.3 Å². The highest BCUT2D eigenvalue weighted by Crippen LogP contribution is 2.24. The number of nitrogens with zero attached hydrogens (tertiary/aromatic N) is 2. The van der Waals surface area contributed by atoms with Crippen molar-refractivity contribution in [1.29, 1.82) is 0 Å². The largest absolute Gasteiger partial charge is 0.488 e. The molecule has 0 radical (unpaired) electrons. The molecule has 3 rings (SSSR count). The van der Waals surface area contributed by atoms with E-state index in [1.807, 2.05) is 56.6 Å². The lowest BCUT2D eigenvalue weighted by Crippen LogP contribution is -2.09. The fourth-order valence-corrected chi connectivity index (χ4v) is 3.34. The Labute approximate surface area is 151 Å². The van der Waals surface area contributed by atoms with E-state index in [-0.39, 0.29) is 5.91 Å². The number of benzene rings is 1. The Hall–Kier alpha value is -2.60. The molecule has 0 fully saturated rings. The first-order valence-electron chi connectivity index (χ1n) is 8.17. The molecule has 1 aromatic carbocycles. The summed E-state index contributed by atoms with van der Waals surface area (Å²) < 4.78 is 7.72. The first-order chi connectivity index (χ1) is 12.1. The maximum absolute atomic E-state index is 12.3. The lowest BCUT2D eigenvalue weighted by atomic mass is 10.1. The van der Waals surface area contributed by atoms with Crippen LogP contribution in [0.3, 0.4) is 0 Å². The average Bonchev–Trinajstić information content (AvgIpc) is 3.23. The van der Waals surface area contributed by atoms with Crippen LogP contribution in [0.4, 0.5) is 5.69 Å². The Bertz CT molecular complexity index is 862. The van der Waals surface area contributed by atoms with Gasteiger partial charge in [0.05, 0.1) is 16.8 Å². The number of aromatic nitrogens is 2. The molecule has 1 amide bonds. The maximum atomic E-state index is 12.3. The highest BCUT2D eigenvalue weighted by molar-refractivity contribution is 7.12. The summed E-state index contributed by atoms with van der Waals surface area (Å²) in [5.74, 6) is 0.783. The molecule has 3 aromatic rings. The van der Waals surface area contributed by atoms with Gasteiger partial charge in [0, 0.05) is 18.3 Å². The van der Waals surface area contributed by atoms with Gasteiger partial charge in [-0.2, -0.15) is 5.10 Å². The highest BCUT2D eigenvalue weighted by atomic mass is 32.1. The fourth-order valence-electron chi connectivity index (χ4n) is 2.55. The van der Waals surface area contributed by atoms with Gasteiger partial charge in [0.25, 0.3) is 5.91 Å².